The van der Waals surface area contributed by atoms with Gasteiger partial charge in [0.15, 0.2) is 0 Å². The lowest BCUT2D eigenvalue weighted by molar-refractivity contribution is -0.132. The highest BCUT2D eigenvalue weighted by atomic mass is 35.5. The summed E-state index contributed by atoms with van der Waals surface area (Å²) in [6.45, 7) is 0. The average molecular weight is 292 g/mol. The van der Waals surface area contributed by atoms with Crippen LogP contribution in [0.5, 0.6) is 0 Å². The topological polar surface area (TPSA) is 29.1 Å². The van der Waals surface area contributed by atoms with Crippen LogP contribution >= 0.6 is 11.6 Å². The first-order valence-electron chi connectivity index (χ1n) is 7.22. The highest BCUT2D eigenvalue weighted by Gasteiger charge is 2.45. The molecule has 0 bridgehead atoms. The van der Waals surface area contributed by atoms with Crippen LogP contribution in [0, 0.1) is 5.41 Å². The molecule has 0 saturated carbocycles. The molecule has 0 aliphatic heterocycles. The van der Waals surface area contributed by atoms with E-state index in [1.807, 2.05) is 18.2 Å². The van der Waals surface area contributed by atoms with Gasteiger partial charge in [0, 0.05) is 18.8 Å². The summed E-state index contributed by atoms with van der Waals surface area (Å²) in [5.41, 5.74) is 0.884. The predicted octanol–water partition coefficient (Wildman–Crippen LogP) is 3.87. The summed E-state index contributed by atoms with van der Waals surface area (Å²) in [6.07, 6.45) is 7.75. The number of carbonyl (C=O) groups excluding carboxylic acids is 1. The first kappa shape index (κ1) is 15.1. The van der Waals surface area contributed by atoms with Crippen LogP contribution in [-0.4, -0.2) is 18.8 Å². The van der Waals surface area contributed by atoms with Crippen LogP contribution in [0.25, 0.3) is 0 Å². The Morgan fingerprint density at radius 3 is 2.75 bits per heavy atom. The van der Waals surface area contributed by atoms with Crippen LogP contribution in [0.1, 0.15) is 37.2 Å². The van der Waals surface area contributed by atoms with E-state index in [9.17, 15) is 4.79 Å². The minimum Gasteiger partial charge on any atom is -0.359 e. The fourth-order valence-corrected chi connectivity index (χ4v) is 3.44. The summed E-state index contributed by atoms with van der Waals surface area (Å²) >= 11 is 5.87. The molecule has 2 rings (SSSR count). The van der Waals surface area contributed by atoms with E-state index in [0.717, 1.165) is 25.7 Å². The van der Waals surface area contributed by atoms with Crippen LogP contribution in [-0.2, 0) is 4.79 Å². The SMILES string of the molecule is CNC(=O)C1(CCCCl)CC=CCC1c1ccccc1. The Morgan fingerprint density at radius 1 is 1.35 bits per heavy atom. The van der Waals surface area contributed by atoms with Crippen molar-refractivity contribution in [1.82, 2.24) is 5.32 Å². The smallest absolute Gasteiger partial charge is 0.226 e. The monoisotopic (exact) mass is 291 g/mol. The Kier molecular flexibility index (Phi) is 5.24. The van der Waals surface area contributed by atoms with Crippen LogP contribution in [0.2, 0.25) is 0 Å². The molecule has 1 aromatic carbocycles. The summed E-state index contributed by atoms with van der Waals surface area (Å²) < 4.78 is 0. The van der Waals surface area contributed by atoms with Crippen molar-refractivity contribution in [3.63, 3.8) is 0 Å². The van der Waals surface area contributed by atoms with Gasteiger partial charge >= 0.3 is 0 Å². The van der Waals surface area contributed by atoms with Crippen LogP contribution < -0.4 is 5.32 Å². The van der Waals surface area contributed by atoms with Crippen LogP contribution in [0.3, 0.4) is 0 Å². The highest BCUT2D eigenvalue weighted by Crippen LogP contribution is 2.48. The van der Waals surface area contributed by atoms with Crippen molar-refractivity contribution < 1.29 is 4.79 Å². The fourth-order valence-electron chi connectivity index (χ4n) is 3.31. The zero-order valence-corrected chi connectivity index (χ0v) is 12.7. The molecule has 1 aliphatic rings. The van der Waals surface area contributed by atoms with Gasteiger partial charge in [-0.15, -0.1) is 11.6 Å². The van der Waals surface area contributed by atoms with Crippen molar-refractivity contribution in [2.75, 3.05) is 12.9 Å². The molecule has 1 aliphatic carbocycles. The van der Waals surface area contributed by atoms with Gasteiger partial charge in [-0.2, -0.15) is 0 Å². The maximum atomic E-state index is 12.6. The summed E-state index contributed by atoms with van der Waals surface area (Å²) in [5.74, 6) is 0.974. The molecule has 0 fully saturated rings. The van der Waals surface area contributed by atoms with E-state index in [0.29, 0.717) is 5.88 Å². The largest absolute Gasteiger partial charge is 0.359 e. The van der Waals surface area contributed by atoms with Crippen molar-refractivity contribution in [3.05, 3.63) is 48.0 Å². The lowest BCUT2D eigenvalue weighted by atomic mass is 9.63. The van der Waals surface area contributed by atoms with Crippen LogP contribution in [0.15, 0.2) is 42.5 Å². The molecule has 0 radical (unpaired) electrons. The maximum absolute atomic E-state index is 12.6. The minimum absolute atomic E-state index is 0.140. The van der Waals surface area contributed by atoms with E-state index in [4.69, 9.17) is 11.6 Å². The average Bonchev–Trinajstić information content (AvgIpc) is 2.53. The van der Waals surface area contributed by atoms with E-state index >= 15 is 0 Å². The summed E-state index contributed by atoms with van der Waals surface area (Å²) in [7, 11) is 1.73. The summed E-state index contributed by atoms with van der Waals surface area (Å²) in [5, 5.41) is 2.87. The normalized spacial score (nSPS) is 25.4. The second kappa shape index (κ2) is 6.94. The second-order valence-electron chi connectivity index (χ2n) is 5.40. The van der Waals surface area contributed by atoms with E-state index < -0.39 is 0 Å². The van der Waals surface area contributed by atoms with Gasteiger partial charge in [0.2, 0.25) is 5.91 Å². The van der Waals surface area contributed by atoms with Crippen molar-refractivity contribution in [2.24, 2.45) is 5.41 Å². The molecule has 1 aromatic rings. The number of amides is 1. The number of carbonyl (C=O) groups is 1. The van der Waals surface area contributed by atoms with Crippen molar-refractivity contribution in [3.8, 4) is 0 Å². The Hall–Kier alpha value is -1.28. The summed E-state index contributed by atoms with van der Waals surface area (Å²) in [6, 6.07) is 10.4. The van der Waals surface area contributed by atoms with Gasteiger partial charge in [-0.05, 0) is 31.2 Å². The number of alkyl halides is 1. The molecule has 0 saturated heterocycles. The zero-order chi connectivity index (χ0) is 14.4. The third-order valence-electron chi connectivity index (χ3n) is 4.33. The molecule has 1 amide bonds. The quantitative estimate of drug-likeness (QED) is 0.647. The third kappa shape index (κ3) is 2.90. The number of halogens is 1. The molecule has 0 aromatic heterocycles. The van der Waals surface area contributed by atoms with E-state index in [1.165, 1.54) is 5.56 Å². The lowest BCUT2D eigenvalue weighted by Gasteiger charge is -2.41. The van der Waals surface area contributed by atoms with Gasteiger partial charge in [-0.1, -0.05) is 42.5 Å². The van der Waals surface area contributed by atoms with Gasteiger partial charge < -0.3 is 5.32 Å². The van der Waals surface area contributed by atoms with E-state index in [1.54, 1.807) is 7.05 Å². The first-order chi connectivity index (χ1) is 9.74. The van der Waals surface area contributed by atoms with E-state index in [-0.39, 0.29) is 17.2 Å². The van der Waals surface area contributed by atoms with Crippen molar-refractivity contribution in [1.29, 1.82) is 0 Å². The molecule has 108 valence electrons. The first-order valence-corrected chi connectivity index (χ1v) is 7.76. The number of hydrogen-bond donors (Lipinski definition) is 1. The Balaban J connectivity index is 2.39. The fraction of sp³-hybridized carbons (Fsp3) is 0.471. The van der Waals surface area contributed by atoms with Crippen molar-refractivity contribution >= 4 is 17.5 Å². The number of nitrogens with one attached hydrogen (secondary N) is 1. The molecule has 2 atom stereocenters. The third-order valence-corrected chi connectivity index (χ3v) is 4.59. The maximum Gasteiger partial charge on any atom is 0.226 e. The molecule has 2 unspecified atom stereocenters. The second-order valence-corrected chi connectivity index (χ2v) is 5.78. The minimum atomic E-state index is -0.361. The molecule has 1 N–H and O–H groups in total. The molecular formula is C17H22ClNO. The lowest BCUT2D eigenvalue weighted by Crippen LogP contribution is -2.44. The van der Waals surface area contributed by atoms with Crippen LogP contribution in [0.4, 0.5) is 0 Å². The van der Waals surface area contributed by atoms with Gasteiger partial charge in [0.05, 0.1) is 5.41 Å². The molecular weight excluding hydrogens is 270 g/mol. The standard InChI is InChI=1S/C17H22ClNO/c1-19-16(20)17(12-7-13-18)11-6-5-10-15(17)14-8-3-2-4-9-14/h2-6,8-9,15H,7,10-13H2,1H3,(H,19,20). The van der Waals surface area contributed by atoms with Gasteiger partial charge in [0.25, 0.3) is 0 Å². The number of benzene rings is 1. The Bertz CT molecular complexity index is 471. The predicted molar refractivity (Wildman–Crippen MR) is 84.0 cm³/mol. The highest BCUT2D eigenvalue weighted by molar-refractivity contribution is 6.17. The van der Waals surface area contributed by atoms with E-state index in [2.05, 4.69) is 29.6 Å². The molecule has 0 heterocycles. The van der Waals surface area contributed by atoms with Gasteiger partial charge in [-0.25, -0.2) is 0 Å². The number of allylic oxidation sites excluding steroid dienone is 2. The van der Waals surface area contributed by atoms with Gasteiger partial charge in [-0.3, -0.25) is 4.79 Å². The Morgan fingerprint density at radius 2 is 2.10 bits per heavy atom. The molecule has 2 nitrogen and oxygen atoms in total. The number of hydrogen-bond acceptors (Lipinski definition) is 1. The zero-order valence-electron chi connectivity index (χ0n) is 11.9. The molecule has 20 heavy (non-hydrogen) atoms. The Labute approximate surface area is 126 Å². The molecule has 3 heteroatoms. The summed E-state index contributed by atoms with van der Waals surface area (Å²) in [4.78, 5) is 12.6. The van der Waals surface area contributed by atoms with Gasteiger partial charge in [0.1, 0.15) is 0 Å². The number of rotatable bonds is 5. The molecule has 0 spiro atoms. The van der Waals surface area contributed by atoms with Crippen molar-refractivity contribution in [2.45, 2.75) is 31.6 Å².